The summed E-state index contributed by atoms with van der Waals surface area (Å²) < 4.78 is 6.02. The zero-order valence-corrected chi connectivity index (χ0v) is 22.9. The van der Waals surface area contributed by atoms with Crippen molar-refractivity contribution in [1.29, 1.82) is 0 Å². The summed E-state index contributed by atoms with van der Waals surface area (Å²) in [4.78, 5) is 0. The SMILES string of the molecule is COc1c2cc(C(C)(C)C)cc1CCc1cc(c3ccc4cc(C(C)(C)C)cc5ccc1c3c45)CC2. The summed E-state index contributed by atoms with van der Waals surface area (Å²) in [5.41, 5.74) is 8.72. The Morgan fingerprint density at radius 3 is 1.42 bits per heavy atom. The largest absolute Gasteiger partial charge is 0.496 e. The van der Waals surface area contributed by atoms with Gasteiger partial charge in [0.25, 0.3) is 0 Å². The van der Waals surface area contributed by atoms with Crippen LogP contribution in [0.3, 0.4) is 0 Å². The Labute approximate surface area is 215 Å². The molecule has 0 amide bonds. The smallest absolute Gasteiger partial charge is 0.125 e. The fourth-order valence-corrected chi connectivity index (χ4v) is 6.27. The molecule has 0 atom stereocenters. The first-order valence-corrected chi connectivity index (χ1v) is 13.5. The molecule has 6 rings (SSSR count). The number of fused-ring (bicyclic) bond motifs is 6. The molecule has 0 aromatic heterocycles. The van der Waals surface area contributed by atoms with E-state index >= 15 is 0 Å². The predicted octanol–water partition coefficient (Wildman–Crippen LogP) is 9.07. The van der Waals surface area contributed by atoms with Gasteiger partial charge >= 0.3 is 0 Å². The lowest BCUT2D eigenvalue weighted by Gasteiger charge is -2.25. The summed E-state index contributed by atoms with van der Waals surface area (Å²) in [7, 11) is 1.84. The first kappa shape index (κ1) is 23.3. The van der Waals surface area contributed by atoms with Crippen LogP contribution in [0.5, 0.6) is 5.75 Å². The van der Waals surface area contributed by atoms with Gasteiger partial charge < -0.3 is 4.74 Å². The van der Waals surface area contributed by atoms with Crippen LogP contribution in [-0.2, 0) is 36.5 Å². The van der Waals surface area contributed by atoms with E-state index in [1.165, 1.54) is 65.7 Å². The van der Waals surface area contributed by atoms with Gasteiger partial charge in [-0.2, -0.15) is 0 Å². The molecule has 0 saturated carbocycles. The lowest BCUT2D eigenvalue weighted by molar-refractivity contribution is 0.403. The Hall–Kier alpha value is -3.06. The topological polar surface area (TPSA) is 9.23 Å². The number of ether oxygens (including phenoxy) is 1. The zero-order valence-electron chi connectivity index (χ0n) is 22.9. The molecule has 0 heterocycles. The van der Waals surface area contributed by atoms with Crippen molar-refractivity contribution in [2.24, 2.45) is 0 Å². The Morgan fingerprint density at radius 1 is 0.528 bits per heavy atom. The van der Waals surface area contributed by atoms with Crippen LogP contribution in [0, 0.1) is 0 Å². The van der Waals surface area contributed by atoms with Crippen LogP contribution in [0.1, 0.15) is 74.9 Å². The third-order valence-electron chi connectivity index (χ3n) is 8.39. The summed E-state index contributed by atoms with van der Waals surface area (Å²) in [6.07, 6.45) is 4.05. The highest BCUT2D eigenvalue weighted by Gasteiger charge is 2.23. The summed E-state index contributed by atoms with van der Waals surface area (Å²) in [6, 6.07) is 21.6. The van der Waals surface area contributed by atoms with E-state index in [-0.39, 0.29) is 10.8 Å². The second-order valence-electron chi connectivity index (χ2n) is 12.9. The van der Waals surface area contributed by atoms with Crippen LogP contribution in [0.25, 0.3) is 32.3 Å². The summed E-state index contributed by atoms with van der Waals surface area (Å²) >= 11 is 0. The number of hydrogen-bond donors (Lipinski definition) is 0. The maximum Gasteiger partial charge on any atom is 0.125 e. The van der Waals surface area contributed by atoms with Crippen molar-refractivity contribution in [2.45, 2.75) is 78.1 Å². The van der Waals surface area contributed by atoms with Crippen LogP contribution in [-0.4, -0.2) is 7.11 Å². The summed E-state index contributed by atoms with van der Waals surface area (Å²) in [5, 5.41) is 8.47. The van der Waals surface area contributed by atoms with Gasteiger partial charge in [-0.15, -0.1) is 0 Å². The summed E-state index contributed by atoms with van der Waals surface area (Å²) in [5.74, 6) is 1.10. The zero-order chi connectivity index (χ0) is 25.4. The molecule has 0 N–H and O–H groups in total. The van der Waals surface area contributed by atoms with E-state index in [0.717, 1.165) is 31.4 Å². The molecule has 0 spiro atoms. The van der Waals surface area contributed by atoms with E-state index < -0.39 is 0 Å². The molecule has 1 heteroatoms. The highest BCUT2D eigenvalue weighted by molar-refractivity contribution is 6.24. The average Bonchev–Trinajstić information content (AvgIpc) is 2.82. The maximum absolute atomic E-state index is 6.02. The quantitative estimate of drug-likeness (QED) is 0.220. The first-order chi connectivity index (χ1) is 17.0. The molecule has 1 aliphatic carbocycles. The number of benzene rings is 5. The van der Waals surface area contributed by atoms with Crippen LogP contribution in [0.4, 0.5) is 0 Å². The lowest BCUT2D eigenvalue weighted by Crippen LogP contribution is -2.14. The first-order valence-electron chi connectivity index (χ1n) is 13.5. The van der Waals surface area contributed by atoms with E-state index in [9.17, 15) is 0 Å². The summed E-state index contributed by atoms with van der Waals surface area (Å²) in [6.45, 7) is 13.9. The Kier molecular flexibility index (Phi) is 5.17. The molecule has 36 heavy (non-hydrogen) atoms. The van der Waals surface area contributed by atoms with Crippen molar-refractivity contribution in [1.82, 2.24) is 0 Å². The third kappa shape index (κ3) is 3.67. The monoisotopic (exact) mass is 474 g/mol. The second kappa shape index (κ2) is 7.97. The highest BCUT2D eigenvalue weighted by atomic mass is 16.5. The van der Waals surface area contributed by atoms with Gasteiger partial charge in [0.15, 0.2) is 0 Å². The molecule has 1 aliphatic rings. The van der Waals surface area contributed by atoms with Crippen molar-refractivity contribution in [3.05, 3.63) is 88.0 Å². The maximum atomic E-state index is 6.02. The molecule has 0 aliphatic heterocycles. The molecule has 5 aromatic rings. The van der Waals surface area contributed by atoms with Crippen LogP contribution >= 0.6 is 0 Å². The molecule has 1 nitrogen and oxygen atoms in total. The minimum atomic E-state index is 0.122. The van der Waals surface area contributed by atoms with Crippen molar-refractivity contribution in [2.75, 3.05) is 7.11 Å². The molecule has 184 valence electrons. The molecular formula is C35H38O. The average molecular weight is 475 g/mol. The van der Waals surface area contributed by atoms with Crippen LogP contribution in [0.15, 0.2) is 54.6 Å². The van der Waals surface area contributed by atoms with E-state index in [2.05, 4.69) is 96.1 Å². The normalized spacial score (nSPS) is 14.6. The van der Waals surface area contributed by atoms with Gasteiger partial charge in [0.1, 0.15) is 5.75 Å². The number of rotatable bonds is 1. The van der Waals surface area contributed by atoms with Crippen molar-refractivity contribution in [3.63, 3.8) is 0 Å². The van der Waals surface area contributed by atoms with E-state index in [1.807, 2.05) is 7.11 Å². The van der Waals surface area contributed by atoms with Crippen molar-refractivity contribution >= 4 is 32.3 Å². The van der Waals surface area contributed by atoms with E-state index in [4.69, 9.17) is 4.74 Å². The molecule has 0 unspecified atom stereocenters. The van der Waals surface area contributed by atoms with E-state index in [0.29, 0.717) is 0 Å². The van der Waals surface area contributed by atoms with Gasteiger partial charge in [0.2, 0.25) is 0 Å². The standard InChI is InChI=1S/C35H38O/c1-34(2,3)27-17-23-12-14-29-21-8-10-25-19-28(35(4,5)6)20-26(33(25)36-7)11-9-22(16-21)30-15-13-24(18-27)31(23)32(29)30/h12-20H,8-11H2,1-7H3. The number of hydrogen-bond acceptors (Lipinski definition) is 1. The fourth-order valence-electron chi connectivity index (χ4n) is 6.27. The van der Waals surface area contributed by atoms with Crippen molar-refractivity contribution < 1.29 is 4.74 Å². The molecule has 0 radical (unpaired) electrons. The highest BCUT2D eigenvalue weighted by Crippen LogP contribution is 2.42. The molecule has 4 bridgehead atoms. The fraction of sp³-hybridized carbons (Fsp3) is 0.371. The Bertz CT molecular complexity index is 1520. The van der Waals surface area contributed by atoms with Crippen LogP contribution in [0.2, 0.25) is 0 Å². The van der Waals surface area contributed by atoms with Gasteiger partial charge in [0.05, 0.1) is 7.11 Å². The van der Waals surface area contributed by atoms with Gasteiger partial charge in [-0.25, -0.2) is 0 Å². The molecule has 5 aromatic carbocycles. The predicted molar refractivity (Wildman–Crippen MR) is 155 cm³/mol. The molecular weight excluding hydrogens is 436 g/mol. The second-order valence-corrected chi connectivity index (χ2v) is 12.9. The molecule has 0 saturated heterocycles. The Balaban J connectivity index is 1.59. The minimum absolute atomic E-state index is 0.122. The van der Waals surface area contributed by atoms with Gasteiger partial charge in [-0.3, -0.25) is 0 Å². The van der Waals surface area contributed by atoms with Crippen molar-refractivity contribution in [3.8, 4) is 5.75 Å². The van der Waals surface area contributed by atoms with Gasteiger partial charge in [0, 0.05) is 0 Å². The number of aryl methyl sites for hydroxylation is 4. The number of methoxy groups -OCH3 is 1. The van der Waals surface area contributed by atoms with Gasteiger partial charge in [-0.1, -0.05) is 96.1 Å². The van der Waals surface area contributed by atoms with E-state index in [1.54, 1.807) is 0 Å². The van der Waals surface area contributed by atoms with Gasteiger partial charge in [-0.05, 0) is 102 Å². The Morgan fingerprint density at radius 2 is 0.972 bits per heavy atom. The molecule has 0 fully saturated rings. The lowest BCUT2D eigenvalue weighted by atomic mass is 9.80. The van der Waals surface area contributed by atoms with Crippen LogP contribution < -0.4 is 4.74 Å². The third-order valence-corrected chi connectivity index (χ3v) is 8.39. The minimum Gasteiger partial charge on any atom is -0.496 e.